The Balaban J connectivity index is 0.0000168. The zero-order chi connectivity index (χ0) is 41.0. The van der Waals surface area contributed by atoms with Crippen LogP contribution < -0.4 is 0 Å². The van der Waals surface area contributed by atoms with Crippen LogP contribution >= 0.6 is 0 Å². The van der Waals surface area contributed by atoms with Crippen molar-refractivity contribution in [3.8, 4) is 0 Å². The Morgan fingerprint density at radius 2 is 0.517 bits per heavy atom. The summed E-state index contributed by atoms with van der Waals surface area (Å²) >= 11 is 0. The molecule has 0 atom stereocenters. The summed E-state index contributed by atoms with van der Waals surface area (Å²) in [5, 5.41) is 0. The molecule has 0 unspecified atom stereocenters. The Kier molecular flexibility index (Phi) is 35.8. The van der Waals surface area contributed by atoms with Gasteiger partial charge in [-0.05, 0) is 124 Å². The number of benzene rings is 2. The van der Waals surface area contributed by atoms with Gasteiger partial charge in [-0.25, -0.2) is 0 Å². The number of hydrogen-bond donors (Lipinski definition) is 0. The zero-order valence-corrected chi connectivity index (χ0v) is 40.4. The second kappa shape index (κ2) is 38.2. The second-order valence-electron chi connectivity index (χ2n) is 17.8. The van der Waals surface area contributed by atoms with Crippen LogP contribution in [0.5, 0.6) is 0 Å². The van der Waals surface area contributed by atoms with Gasteiger partial charge in [0.25, 0.3) is 0 Å². The molecule has 0 aliphatic heterocycles. The maximum Gasteiger partial charge on any atom is 0.0639 e. The zero-order valence-electron chi connectivity index (χ0n) is 39.4. The Hall–Kier alpha value is -1.73. The molecule has 0 spiro atoms. The van der Waals surface area contributed by atoms with E-state index in [9.17, 15) is 0 Å². The molecule has 2 nitrogen and oxygen atoms in total. The van der Waals surface area contributed by atoms with Crippen LogP contribution in [0.1, 0.15) is 263 Å². The van der Waals surface area contributed by atoms with E-state index in [4.69, 9.17) is 9.98 Å². The van der Waals surface area contributed by atoms with Crippen molar-refractivity contribution >= 4 is 22.8 Å². The maximum absolute atomic E-state index is 5.68. The van der Waals surface area contributed by atoms with Crippen molar-refractivity contribution in [3.05, 3.63) is 58.7 Å². The van der Waals surface area contributed by atoms with Gasteiger partial charge in [0, 0.05) is 16.5 Å². The Bertz CT molecular complexity index is 1250. The number of rotatable bonds is 38. The Morgan fingerprint density at radius 3 is 0.793 bits per heavy atom. The molecule has 0 amide bonds. The fourth-order valence-corrected chi connectivity index (χ4v) is 8.38. The summed E-state index contributed by atoms with van der Waals surface area (Å²) in [7, 11) is 0. The maximum atomic E-state index is 5.68. The Labute approximate surface area is 372 Å². The molecule has 58 heavy (non-hydrogen) atoms. The third kappa shape index (κ3) is 27.2. The van der Waals surface area contributed by atoms with Crippen molar-refractivity contribution in [2.24, 2.45) is 9.98 Å². The van der Waals surface area contributed by atoms with Crippen LogP contribution in [0.3, 0.4) is 0 Å². The first-order chi connectivity index (χ1) is 28.1. The minimum absolute atomic E-state index is 0. The van der Waals surface area contributed by atoms with Gasteiger partial charge in [0.2, 0.25) is 0 Å². The van der Waals surface area contributed by atoms with Crippen molar-refractivity contribution < 1.29 is 16.5 Å². The molecule has 2 rings (SSSR count). The quantitative estimate of drug-likeness (QED) is 0.0366. The molecular formula is C55H94N2Ni. The minimum atomic E-state index is 0. The predicted octanol–water partition coefficient (Wildman–Crippen LogP) is 18.9. The van der Waals surface area contributed by atoms with E-state index in [0.717, 1.165) is 38.5 Å². The first-order valence-electron chi connectivity index (χ1n) is 25.5. The van der Waals surface area contributed by atoms with E-state index in [2.05, 4.69) is 77.9 Å². The summed E-state index contributed by atoms with van der Waals surface area (Å²) in [6.07, 6.45) is 45.1. The SMILES string of the molecule is CCCCCCCCCCCCCCCC(=Nc1cc(CCCCC)cc(CCCCC)c1)C(CCCCCC)=Nc1cc(CCCCC)cc(CCCCC)c1.[Ni]. The molecule has 2 aromatic carbocycles. The molecule has 0 radical (unpaired) electrons. The van der Waals surface area contributed by atoms with E-state index in [-0.39, 0.29) is 16.5 Å². The average Bonchev–Trinajstić information content (AvgIpc) is 3.21. The average molecular weight is 842 g/mol. The van der Waals surface area contributed by atoms with E-state index < -0.39 is 0 Å². The van der Waals surface area contributed by atoms with Gasteiger partial charge in [0.1, 0.15) is 0 Å². The van der Waals surface area contributed by atoms with Crippen LogP contribution in [0.25, 0.3) is 0 Å². The van der Waals surface area contributed by atoms with Crippen molar-refractivity contribution in [1.82, 2.24) is 0 Å². The standard InChI is InChI=1S/C55H94N2.Ni/c1-7-13-19-21-22-23-24-25-26-27-28-29-35-41-55(57-53-46-50(38-32-17-11-5)43-51(47-53)39-33-18-12-6)54(40-34-20-14-8-2)56-52-44-48(36-30-15-9-3)42-49(45-52)37-31-16-10-4;/h42-47H,7-41H2,1-6H3;. The van der Waals surface area contributed by atoms with Crippen LogP contribution in [-0.4, -0.2) is 11.4 Å². The van der Waals surface area contributed by atoms with E-state index in [0.29, 0.717) is 0 Å². The predicted molar refractivity (Wildman–Crippen MR) is 259 cm³/mol. The first kappa shape index (κ1) is 54.3. The number of aryl methyl sites for hydroxylation is 4. The van der Waals surface area contributed by atoms with Gasteiger partial charge < -0.3 is 0 Å². The van der Waals surface area contributed by atoms with Gasteiger partial charge in [-0.1, -0.05) is 201 Å². The molecule has 0 bridgehead atoms. The molecule has 0 N–H and O–H groups in total. The number of nitrogens with zero attached hydrogens (tertiary/aromatic N) is 2. The van der Waals surface area contributed by atoms with Crippen LogP contribution in [0.4, 0.5) is 11.4 Å². The number of unbranched alkanes of at least 4 members (excludes halogenated alkanes) is 23. The molecule has 0 aliphatic rings. The largest absolute Gasteiger partial charge is 0.252 e. The van der Waals surface area contributed by atoms with E-state index in [1.807, 2.05) is 0 Å². The van der Waals surface area contributed by atoms with Crippen LogP contribution in [-0.2, 0) is 42.2 Å². The summed E-state index contributed by atoms with van der Waals surface area (Å²) in [6, 6.07) is 14.7. The smallest absolute Gasteiger partial charge is 0.0639 e. The van der Waals surface area contributed by atoms with Gasteiger partial charge in [-0.3, -0.25) is 9.98 Å². The van der Waals surface area contributed by atoms with Crippen molar-refractivity contribution in [1.29, 1.82) is 0 Å². The molecule has 2 aromatic rings. The molecule has 0 aromatic heterocycles. The molecular weight excluding hydrogens is 747 g/mol. The number of aliphatic imine (C=N–C) groups is 2. The van der Waals surface area contributed by atoms with Gasteiger partial charge >= 0.3 is 0 Å². The molecule has 0 saturated carbocycles. The third-order valence-corrected chi connectivity index (χ3v) is 12.0. The summed E-state index contributed by atoms with van der Waals surface area (Å²) in [4.78, 5) is 11.3. The molecule has 3 heteroatoms. The van der Waals surface area contributed by atoms with Crippen molar-refractivity contribution in [3.63, 3.8) is 0 Å². The summed E-state index contributed by atoms with van der Waals surface area (Å²) in [5.41, 5.74) is 10.8. The minimum Gasteiger partial charge on any atom is -0.252 e. The van der Waals surface area contributed by atoms with E-state index >= 15 is 0 Å². The normalized spacial score (nSPS) is 12.0. The molecule has 0 fully saturated rings. The van der Waals surface area contributed by atoms with Crippen molar-refractivity contribution in [2.75, 3.05) is 0 Å². The monoisotopic (exact) mass is 841 g/mol. The van der Waals surface area contributed by atoms with Gasteiger partial charge in [0.05, 0.1) is 22.8 Å². The summed E-state index contributed by atoms with van der Waals surface area (Å²) < 4.78 is 0. The van der Waals surface area contributed by atoms with Crippen LogP contribution in [0.15, 0.2) is 46.4 Å². The fourth-order valence-electron chi connectivity index (χ4n) is 8.38. The second-order valence-corrected chi connectivity index (χ2v) is 17.8. The number of hydrogen-bond acceptors (Lipinski definition) is 2. The molecule has 334 valence electrons. The first-order valence-corrected chi connectivity index (χ1v) is 25.5. The Morgan fingerprint density at radius 1 is 0.293 bits per heavy atom. The molecule has 0 saturated heterocycles. The summed E-state index contributed by atoms with van der Waals surface area (Å²) in [6.45, 7) is 13.9. The molecule has 0 aliphatic carbocycles. The fraction of sp³-hybridized carbons (Fsp3) is 0.745. The van der Waals surface area contributed by atoms with Crippen LogP contribution in [0.2, 0.25) is 0 Å². The van der Waals surface area contributed by atoms with Crippen LogP contribution in [0, 0.1) is 0 Å². The molecule has 0 heterocycles. The van der Waals surface area contributed by atoms with Gasteiger partial charge in [-0.15, -0.1) is 0 Å². The van der Waals surface area contributed by atoms with Gasteiger partial charge in [0.15, 0.2) is 0 Å². The topological polar surface area (TPSA) is 24.7 Å². The van der Waals surface area contributed by atoms with Crippen molar-refractivity contribution in [2.45, 2.75) is 266 Å². The summed E-state index contributed by atoms with van der Waals surface area (Å²) in [5.74, 6) is 0. The van der Waals surface area contributed by atoms with E-state index in [1.54, 1.807) is 0 Å². The third-order valence-electron chi connectivity index (χ3n) is 12.0. The van der Waals surface area contributed by atoms with E-state index in [1.165, 1.54) is 231 Å². The van der Waals surface area contributed by atoms with Gasteiger partial charge in [-0.2, -0.15) is 0 Å².